The van der Waals surface area contributed by atoms with Gasteiger partial charge in [-0.1, -0.05) is 23.2 Å². The molecule has 0 atom stereocenters. The van der Waals surface area contributed by atoms with Gasteiger partial charge < -0.3 is 10.1 Å². The molecule has 1 aromatic carbocycles. The van der Waals surface area contributed by atoms with Crippen LogP contribution in [0.2, 0.25) is 10.0 Å². The Kier molecular flexibility index (Phi) is 5.86. The number of benzene rings is 1. The summed E-state index contributed by atoms with van der Waals surface area (Å²) in [5.41, 5.74) is 0.737. The first-order valence-corrected chi connectivity index (χ1v) is 6.31. The van der Waals surface area contributed by atoms with E-state index in [4.69, 9.17) is 27.9 Å². The molecule has 1 rings (SSSR count). The standard InChI is InChI=1S/C13H13Cl2NO3/c1-3-19-12(17)6-8(2)16-13(18)9-4-5-10(14)11(15)7-9/h4-7H,3H2,1-2H3,(H,16,18). The highest BCUT2D eigenvalue weighted by molar-refractivity contribution is 6.42. The summed E-state index contributed by atoms with van der Waals surface area (Å²) in [6.45, 7) is 3.57. The molecule has 0 heterocycles. The van der Waals surface area contributed by atoms with Crippen molar-refractivity contribution in [2.24, 2.45) is 0 Å². The molecule has 1 aromatic rings. The van der Waals surface area contributed by atoms with Gasteiger partial charge in [0, 0.05) is 17.3 Å². The Labute approximate surface area is 121 Å². The van der Waals surface area contributed by atoms with Crippen LogP contribution < -0.4 is 5.32 Å². The lowest BCUT2D eigenvalue weighted by Crippen LogP contribution is -2.22. The van der Waals surface area contributed by atoms with E-state index in [9.17, 15) is 9.59 Å². The fraction of sp³-hybridized carbons (Fsp3) is 0.231. The van der Waals surface area contributed by atoms with E-state index in [1.54, 1.807) is 19.9 Å². The van der Waals surface area contributed by atoms with Gasteiger partial charge in [-0.15, -0.1) is 0 Å². The number of ether oxygens (including phenoxy) is 1. The van der Waals surface area contributed by atoms with Crippen molar-refractivity contribution >= 4 is 35.1 Å². The van der Waals surface area contributed by atoms with Crippen molar-refractivity contribution in [2.75, 3.05) is 6.61 Å². The summed E-state index contributed by atoms with van der Waals surface area (Å²) in [5, 5.41) is 3.22. The highest BCUT2D eigenvalue weighted by Crippen LogP contribution is 2.22. The van der Waals surface area contributed by atoms with Crippen LogP contribution in [0.3, 0.4) is 0 Å². The number of hydrogen-bond acceptors (Lipinski definition) is 3. The third kappa shape index (κ3) is 4.93. The molecule has 0 unspecified atom stereocenters. The highest BCUT2D eigenvalue weighted by atomic mass is 35.5. The predicted molar refractivity (Wildman–Crippen MR) is 74.3 cm³/mol. The molecule has 19 heavy (non-hydrogen) atoms. The van der Waals surface area contributed by atoms with Crippen molar-refractivity contribution in [3.05, 3.63) is 45.6 Å². The lowest BCUT2D eigenvalue weighted by Gasteiger charge is -2.06. The number of nitrogens with one attached hydrogen (secondary N) is 1. The maximum Gasteiger partial charge on any atom is 0.332 e. The predicted octanol–water partition coefficient (Wildman–Crippen LogP) is 3.19. The van der Waals surface area contributed by atoms with Gasteiger partial charge in [0.05, 0.1) is 16.7 Å². The average molecular weight is 302 g/mol. The highest BCUT2D eigenvalue weighted by Gasteiger charge is 2.09. The zero-order valence-electron chi connectivity index (χ0n) is 10.5. The lowest BCUT2D eigenvalue weighted by molar-refractivity contribution is -0.137. The topological polar surface area (TPSA) is 55.4 Å². The minimum Gasteiger partial charge on any atom is -0.463 e. The number of amides is 1. The zero-order valence-corrected chi connectivity index (χ0v) is 12.0. The number of hydrogen-bond donors (Lipinski definition) is 1. The van der Waals surface area contributed by atoms with Crippen LogP contribution in [0.4, 0.5) is 0 Å². The van der Waals surface area contributed by atoms with Crippen molar-refractivity contribution in [1.29, 1.82) is 0 Å². The molecule has 1 amide bonds. The second kappa shape index (κ2) is 7.16. The second-order valence-corrected chi connectivity index (χ2v) is 4.48. The zero-order chi connectivity index (χ0) is 14.4. The van der Waals surface area contributed by atoms with Gasteiger partial charge in [0.1, 0.15) is 0 Å². The number of halogens is 2. The lowest BCUT2D eigenvalue weighted by atomic mass is 10.2. The molecule has 0 bridgehead atoms. The Morgan fingerprint density at radius 2 is 2.00 bits per heavy atom. The van der Waals surface area contributed by atoms with Crippen LogP contribution in [0, 0.1) is 0 Å². The number of carbonyl (C=O) groups is 2. The minimum absolute atomic E-state index is 0.281. The third-order valence-corrected chi connectivity index (χ3v) is 2.85. The molecular weight excluding hydrogens is 289 g/mol. The summed E-state index contributed by atoms with van der Waals surface area (Å²) < 4.78 is 4.73. The first kappa shape index (κ1) is 15.5. The Bertz CT molecular complexity index is 527. The Morgan fingerprint density at radius 3 is 2.58 bits per heavy atom. The van der Waals surface area contributed by atoms with Crippen molar-refractivity contribution in [3.8, 4) is 0 Å². The van der Waals surface area contributed by atoms with Crippen LogP contribution >= 0.6 is 23.2 Å². The second-order valence-electron chi connectivity index (χ2n) is 3.66. The number of esters is 1. The van der Waals surface area contributed by atoms with Gasteiger partial charge in [-0.05, 0) is 32.0 Å². The molecule has 0 saturated heterocycles. The Morgan fingerprint density at radius 1 is 1.32 bits per heavy atom. The van der Waals surface area contributed by atoms with Crippen LogP contribution in [0.15, 0.2) is 30.0 Å². The molecule has 1 N–H and O–H groups in total. The third-order valence-electron chi connectivity index (χ3n) is 2.11. The number of allylic oxidation sites excluding steroid dienone is 1. The molecule has 102 valence electrons. The first-order chi connectivity index (χ1) is 8.93. The smallest absolute Gasteiger partial charge is 0.332 e. The van der Waals surface area contributed by atoms with E-state index in [0.717, 1.165) is 0 Å². The van der Waals surface area contributed by atoms with E-state index < -0.39 is 5.97 Å². The molecule has 0 fully saturated rings. The largest absolute Gasteiger partial charge is 0.463 e. The van der Waals surface area contributed by atoms with Crippen molar-refractivity contribution < 1.29 is 14.3 Å². The van der Waals surface area contributed by atoms with Gasteiger partial charge >= 0.3 is 5.97 Å². The van der Waals surface area contributed by atoms with Gasteiger partial charge in [-0.25, -0.2) is 4.79 Å². The monoisotopic (exact) mass is 301 g/mol. The normalized spacial score (nSPS) is 11.1. The van der Waals surface area contributed by atoms with E-state index in [-0.39, 0.29) is 12.5 Å². The molecule has 0 aliphatic rings. The molecule has 0 saturated carbocycles. The summed E-state index contributed by atoms with van der Waals surface area (Å²) in [6, 6.07) is 4.53. The van der Waals surface area contributed by atoms with Gasteiger partial charge in [-0.2, -0.15) is 0 Å². The number of carbonyl (C=O) groups excluding carboxylic acids is 2. The van der Waals surface area contributed by atoms with E-state index in [0.29, 0.717) is 21.3 Å². The van der Waals surface area contributed by atoms with Crippen LogP contribution in [-0.4, -0.2) is 18.5 Å². The van der Waals surface area contributed by atoms with Gasteiger partial charge in [0.2, 0.25) is 0 Å². The average Bonchev–Trinajstić information content (AvgIpc) is 2.32. The molecule has 0 aliphatic carbocycles. The van der Waals surface area contributed by atoms with E-state index in [2.05, 4.69) is 5.32 Å². The molecule has 0 spiro atoms. The summed E-state index contributed by atoms with van der Waals surface area (Å²) in [5.74, 6) is -0.883. The van der Waals surface area contributed by atoms with Crippen LogP contribution in [-0.2, 0) is 9.53 Å². The Hall–Kier alpha value is -1.52. The Balaban J connectivity index is 2.74. The van der Waals surface area contributed by atoms with Gasteiger partial charge in [0.25, 0.3) is 5.91 Å². The molecular formula is C13H13Cl2NO3. The van der Waals surface area contributed by atoms with Crippen LogP contribution in [0.25, 0.3) is 0 Å². The minimum atomic E-state index is -0.505. The SMILES string of the molecule is CCOC(=O)C=C(C)NC(=O)c1ccc(Cl)c(Cl)c1. The van der Waals surface area contributed by atoms with Gasteiger partial charge in [-0.3, -0.25) is 4.79 Å². The summed E-state index contributed by atoms with van der Waals surface area (Å²) in [4.78, 5) is 23.0. The maximum atomic E-state index is 11.9. The van der Waals surface area contributed by atoms with E-state index in [1.165, 1.54) is 18.2 Å². The van der Waals surface area contributed by atoms with Crippen LogP contribution in [0.5, 0.6) is 0 Å². The van der Waals surface area contributed by atoms with Gasteiger partial charge in [0.15, 0.2) is 0 Å². The first-order valence-electron chi connectivity index (χ1n) is 5.55. The molecule has 0 radical (unpaired) electrons. The number of rotatable bonds is 4. The van der Waals surface area contributed by atoms with E-state index >= 15 is 0 Å². The van der Waals surface area contributed by atoms with Crippen molar-refractivity contribution in [3.63, 3.8) is 0 Å². The van der Waals surface area contributed by atoms with E-state index in [1.807, 2.05) is 0 Å². The summed E-state index contributed by atoms with van der Waals surface area (Å²) in [7, 11) is 0. The maximum absolute atomic E-state index is 11.9. The van der Waals surface area contributed by atoms with Crippen molar-refractivity contribution in [1.82, 2.24) is 5.32 Å². The fourth-order valence-corrected chi connectivity index (χ4v) is 1.58. The molecule has 0 aliphatic heterocycles. The fourth-order valence-electron chi connectivity index (χ4n) is 1.29. The molecule has 6 heteroatoms. The summed E-state index contributed by atoms with van der Waals surface area (Å²) >= 11 is 11.6. The quantitative estimate of drug-likeness (QED) is 0.686. The molecule has 4 nitrogen and oxygen atoms in total. The van der Waals surface area contributed by atoms with Crippen molar-refractivity contribution in [2.45, 2.75) is 13.8 Å². The van der Waals surface area contributed by atoms with Crippen LogP contribution in [0.1, 0.15) is 24.2 Å². The molecule has 0 aromatic heterocycles. The summed E-state index contributed by atoms with van der Waals surface area (Å²) in [6.07, 6.45) is 1.21.